The minimum absolute atomic E-state index is 0.312. The van der Waals surface area contributed by atoms with E-state index in [1.54, 1.807) is 30.3 Å². The Bertz CT molecular complexity index is 494. The fourth-order valence-corrected chi connectivity index (χ4v) is 1.82. The quantitative estimate of drug-likeness (QED) is 0.807. The van der Waals surface area contributed by atoms with E-state index in [4.69, 9.17) is 23.2 Å². The lowest BCUT2D eigenvalue weighted by atomic mass is 10.2. The molecule has 0 saturated heterocycles. The molecule has 2 aromatic carbocycles. The summed E-state index contributed by atoms with van der Waals surface area (Å²) in [5, 5.41) is 3.97. The molecule has 82 valence electrons. The van der Waals surface area contributed by atoms with Crippen LogP contribution in [0.5, 0.6) is 0 Å². The van der Waals surface area contributed by atoms with Crippen LogP contribution < -0.4 is 5.32 Å². The fraction of sp³-hybridized carbons (Fsp3) is 0. The summed E-state index contributed by atoms with van der Waals surface area (Å²) in [5.74, 6) is -0.312. The number of rotatable bonds is 2. The third-order valence-corrected chi connectivity index (χ3v) is 2.69. The van der Waals surface area contributed by atoms with Gasteiger partial charge in [0.15, 0.2) is 0 Å². The van der Waals surface area contributed by atoms with Gasteiger partial charge in [0.2, 0.25) is 0 Å². The summed E-state index contributed by atoms with van der Waals surface area (Å²) >= 11 is 12.0. The van der Waals surface area contributed by atoms with E-state index in [2.05, 4.69) is 5.32 Å². The minimum atomic E-state index is -0.312. The minimum Gasteiger partial charge on any atom is -0.353 e. The molecule has 0 bridgehead atoms. The van der Waals surface area contributed by atoms with E-state index in [0.29, 0.717) is 21.4 Å². The first-order valence-electron chi connectivity index (χ1n) is 4.63. The Morgan fingerprint density at radius 1 is 0.938 bits per heavy atom. The summed E-state index contributed by atoms with van der Waals surface area (Å²) in [7, 11) is 0. The van der Waals surface area contributed by atoms with E-state index in [1.165, 1.54) is 12.1 Å². The maximum atomic E-state index is 13.0. The highest BCUT2D eigenvalue weighted by molar-refractivity contribution is 6.39. The second-order valence-corrected chi connectivity index (χ2v) is 4.05. The van der Waals surface area contributed by atoms with Gasteiger partial charge in [-0.05, 0) is 30.3 Å². The number of benzene rings is 2. The number of nitrogens with one attached hydrogen (secondary N) is 1. The SMILES string of the molecule is Fc1cccc(Nc2c(Cl)cccc2Cl)c1. The van der Waals surface area contributed by atoms with Crippen molar-refractivity contribution in [1.29, 1.82) is 0 Å². The molecule has 2 aromatic rings. The van der Waals surface area contributed by atoms with Crippen LogP contribution in [0.4, 0.5) is 15.8 Å². The van der Waals surface area contributed by atoms with E-state index in [0.717, 1.165) is 0 Å². The van der Waals surface area contributed by atoms with E-state index in [9.17, 15) is 4.39 Å². The highest BCUT2D eigenvalue weighted by Crippen LogP contribution is 2.32. The molecule has 0 amide bonds. The Hall–Kier alpha value is -1.25. The average Bonchev–Trinajstić information content (AvgIpc) is 2.24. The van der Waals surface area contributed by atoms with Crippen LogP contribution in [-0.2, 0) is 0 Å². The maximum absolute atomic E-state index is 13.0. The normalized spacial score (nSPS) is 10.2. The molecule has 0 aromatic heterocycles. The Kier molecular flexibility index (Phi) is 3.32. The second-order valence-electron chi connectivity index (χ2n) is 3.23. The fourth-order valence-electron chi connectivity index (χ4n) is 1.33. The summed E-state index contributed by atoms with van der Waals surface area (Å²) in [4.78, 5) is 0. The molecule has 0 unspecified atom stereocenters. The molecule has 0 aliphatic rings. The first-order valence-corrected chi connectivity index (χ1v) is 5.39. The van der Waals surface area contributed by atoms with Gasteiger partial charge in [-0.25, -0.2) is 4.39 Å². The molecular weight excluding hydrogens is 248 g/mol. The van der Waals surface area contributed by atoms with E-state index in [1.807, 2.05) is 0 Å². The molecule has 0 radical (unpaired) electrons. The molecule has 4 heteroatoms. The summed E-state index contributed by atoms with van der Waals surface area (Å²) in [6.45, 7) is 0. The van der Waals surface area contributed by atoms with Crippen molar-refractivity contribution in [3.63, 3.8) is 0 Å². The third kappa shape index (κ3) is 2.46. The standard InChI is InChI=1S/C12H8Cl2FN/c13-10-5-2-6-11(14)12(10)16-9-4-1-3-8(15)7-9/h1-7,16H. The number of para-hydroxylation sites is 1. The van der Waals surface area contributed by atoms with E-state index in [-0.39, 0.29) is 5.82 Å². The monoisotopic (exact) mass is 255 g/mol. The van der Waals surface area contributed by atoms with Gasteiger partial charge in [-0.1, -0.05) is 35.3 Å². The predicted molar refractivity (Wildman–Crippen MR) is 66.1 cm³/mol. The molecular formula is C12H8Cl2FN. The number of hydrogen-bond donors (Lipinski definition) is 1. The number of hydrogen-bond acceptors (Lipinski definition) is 1. The predicted octanol–water partition coefficient (Wildman–Crippen LogP) is 4.88. The van der Waals surface area contributed by atoms with Gasteiger partial charge in [-0.3, -0.25) is 0 Å². The van der Waals surface area contributed by atoms with Gasteiger partial charge in [0, 0.05) is 5.69 Å². The lowest BCUT2D eigenvalue weighted by Crippen LogP contribution is -1.92. The van der Waals surface area contributed by atoms with Gasteiger partial charge >= 0.3 is 0 Å². The third-order valence-electron chi connectivity index (χ3n) is 2.06. The summed E-state index contributed by atoms with van der Waals surface area (Å²) in [5.41, 5.74) is 1.19. The Morgan fingerprint density at radius 2 is 1.56 bits per heavy atom. The van der Waals surface area contributed by atoms with Crippen LogP contribution in [0.15, 0.2) is 42.5 Å². The first-order chi connectivity index (χ1) is 7.66. The Labute approximate surface area is 103 Å². The molecule has 0 fully saturated rings. The smallest absolute Gasteiger partial charge is 0.125 e. The molecule has 0 aliphatic carbocycles. The molecule has 0 spiro atoms. The van der Waals surface area contributed by atoms with Crippen molar-refractivity contribution in [2.45, 2.75) is 0 Å². The topological polar surface area (TPSA) is 12.0 Å². The maximum Gasteiger partial charge on any atom is 0.125 e. The molecule has 0 aliphatic heterocycles. The van der Waals surface area contributed by atoms with Crippen LogP contribution in [0, 0.1) is 5.82 Å². The zero-order valence-corrected chi connectivity index (χ0v) is 9.69. The van der Waals surface area contributed by atoms with Crippen molar-refractivity contribution in [3.8, 4) is 0 Å². The molecule has 1 N–H and O–H groups in total. The van der Waals surface area contributed by atoms with Gasteiger partial charge in [0.05, 0.1) is 15.7 Å². The van der Waals surface area contributed by atoms with Gasteiger partial charge < -0.3 is 5.32 Å². The van der Waals surface area contributed by atoms with E-state index >= 15 is 0 Å². The van der Waals surface area contributed by atoms with Crippen LogP contribution in [0.1, 0.15) is 0 Å². The second kappa shape index (κ2) is 4.73. The van der Waals surface area contributed by atoms with Gasteiger partial charge in [0.25, 0.3) is 0 Å². The van der Waals surface area contributed by atoms with Gasteiger partial charge in [0.1, 0.15) is 5.82 Å². The number of anilines is 2. The van der Waals surface area contributed by atoms with Crippen LogP contribution in [-0.4, -0.2) is 0 Å². The summed E-state index contributed by atoms with van der Waals surface area (Å²) in [6.07, 6.45) is 0. The molecule has 0 saturated carbocycles. The lowest BCUT2D eigenvalue weighted by molar-refractivity contribution is 0.628. The average molecular weight is 256 g/mol. The zero-order chi connectivity index (χ0) is 11.5. The van der Waals surface area contributed by atoms with Crippen LogP contribution in [0.3, 0.4) is 0 Å². The largest absolute Gasteiger partial charge is 0.353 e. The van der Waals surface area contributed by atoms with Crippen molar-refractivity contribution in [1.82, 2.24) is 0 Å². The van der Waals surface area contributed by atoms with Crippen molar-refractivity contribution >= 4 is 34.6 Å². The van der Waals surface area contributed by atoms with Crippen LogP contribution >= 0.6 is 23.2 Å². The van der Waals surface area contributed by atoms with Crippen LogP contribution in [0.25, 0.3) is 0 Å². The Balaban J connectivity index is 2.34. The van der Waals surface area contributed by atoms with Crippen molar-refractivity contribution in [2.75, 3.05) is 5.32 Å². The van der Waals surface area contributed by atoms with Gasteiger partial charge in [-0.15, -0.1) is 0 Å². The zero-order valence-electron chi connectivity index (χ0n) is 8.18. The molecule has 0 atom stereocenters. The van der Waals surface area contributed by atoms with Crippen molar-refractivity contribution < 1.29 is 4.39 Å². The first kappa shape index (κ1) is 11.2. The highest BCUT2D eigenvalue weighted by atomic mass is 35.5. The molecule has 1 nitrogen and oxygen atoms in total. The van der Waals surface area contributed by atoms with Crippen molar-refractivity contribution in [2.24, 2.45) is 0 Å². The van der Waals surface area contributed by atoms with Crippen molar-refractivity contribution in [3.05, 3.63) is 58.3 Å². The Morgan fingerprint density at radius 3 is 2.19 bits per heavy atom. The molecule has 0 heterocycles. The van der Waals surface area contributed by atoms with Gasteiger partial charge in [-0.2, -0.15) is 0 Å². The van der Waals surface area contributed by atoms with Crippen LogP contribution in [0.2, 0.25) is 10.0 Å². The molecule has 16 heavy (non-hydrogen) atoms. The summed E-state index contributed by atoms with van der Waals surface area (Å²) in [6, 6.07) is 11.3. The lowest BCUT2D eigenvalue weighted by Gasteiger charge is -2.10. The molecule has 2 rings (SSSR count). The summed E-state index contributed by atoms with van der Waals surface area (Å²) < 4.78 is 13.0. The van der Waals surface area contributed by atoms with E-state index < -0.39 is 0 Å². The number of halogens is 3. The highest BCUT2D eigenvalue weighted by Gasteiger charge is 2.05.